The second-order valence-electron chi connectivity index (χ2n) is 3.95. The SMILES string of the molecule is COC(=O)CN1C(=O)S/C(=C\c2ccn(C)c2)C1=O. The van der Waals surface area contributed by atoms with Crippen molar-refractivity contribution in [1.82, 2.24) is 9.47 Å². The number of rotatable bonds is 3. The van der Waals surface area contributed by atoms with Gasteiger partial charge >= 0.3 is 5.97 Å². The highest BCUT2D eigenvalue weighted by molar-refractivity contribution is 8.18. The highest BCUT2D eigenvalue weighted by Gasteiger charge is 2.36. The number of methoxy groups -OCH3 is 1. The first kappa shape index (κ1) is 13.4. The molecule has 0 atom stereocenters. The Bertz CT molecular complexity index is 576. The lowest BCUT2D eigenvalue weighted by atomic mass is 10.3. The summed E-state index contributed by atoms with van der Waals surface area (Å²) >= 11 is 0.820. The minimum Gasteiger partial charge on any atom is -0.468 e. The molecule has 2 rings (SSSR count). The van der Waals surface area contributed by atoms with Gasteiger partial charge in [0.2, 0.25) is 0 Å². The number of aryl methyl sites for hydroxylation is 1. The van der Waals surface area contributed by atoms with Gasteiger partial charge in [-0.3, -0.25) is 19.3 Å². The lowest BCUT2D eigenvalue weighted by Crippen LogP contribution is -2.34. The Morgan fingerprint density at radius 3 is 2.79 bits per heavy atom. The van der Waals surface area contributed by atoms with Gasteiger partial charge < -0.3 is 9.30 Å². The van der Waals surface area contributed by atoms with Crippen molar-refractivity contribution in [3.8, 4) is 0 Å². The molecule has 7 heteroatoms. The number of hydrogen-bond acceptors (Lipinski definition) is 5. The number of esters is 1. The zero-order chi connectivity index (χ0) is 14.0. The van der Waals surface area contributed by atoms with E-state index in [1.165, 1.54) is 7.11 Å². The van der Waals surface area contributed by atoms with Crippen molar-refractivity contribution in [3.63, 3.8) is 0 Å². The second-order valence-corrected chi connectivity index (χ2v) is 4.95. The van der Waals surface area contributed by atoms with E-state index in [0.29, 0.717) is 4.91 Å². The molecule has 1 aromatic rings. The Balaban J connectivity index is 2.18. The standard InChI is InChI=1S/C12H12N2O4S/c1-13-4-3-8(6-13)5-9-11(16)14(12(17)19-9)7-10(15)18-2/h3-6H,7H2,1-2H3/b9-5-. The predicted molar refractivity (Wildman–Crippen MR) is 70.1 cm³/mol. The quantitative estimate of drug-likeness (QED) is 0.615. The Morgan fingerprint density at radius 2 is 2.21 bits per heavy atom. The van der Waals surface area contributed by atoms with Crippen molar-refractivity contribution < 1.29 is 19.1 Å². The molecule has 1 aliphatic heterocycles. The molecule has 0 radical (unpaired) electrons. The second kappa shape index (κ2) is 5.31. The molecule has 6 nitrogen and oxygen atoms in total. The molecule has 100 valence electrons. The third-order valence-electron chi connectivity index (χ3n) is 2.54. The van der Waals surface area contributed by atoms with Gasteiger partial charge in [0.1, 0.15) is 6.54 Å². The molecule has 0 aliphatic carbocycles. The molecule has 0 unspecified atom stereocenters. The summed E-state index contributed by atoms with van der Waals surface area (Å²) in [4.78, 5) is 35.9. The fourth-order valence-corrected chi connectivity index (χ4v) is 2.43. The van der Waals surface area contributed by atoms with E-state index in [-0.39, 0.29) is 6.54 Å². The van der Waals surface area contributed by atoms with Crippen molar-refractivity contribution in [2.45, 2.75) is 0 Å². The Kier molecular flexibility index (Phi) is 3.75. The van der Waals surface area contributed by atoms with Gasteiger partial charge in [-0.2, -0.15) is 0 Å². The number of aromatic nitrogens is 1. The molecule has 1 aliphatic rings. The molecule has 0 N–H and O–H groups in total. The van der Waals surface area contributed by atoms with Crippen LogP contribution in [-0.2, 0) is 21.4 Å². The smallest absolute Gasteiger partial charge is 0.325 e. The van der Waals surface area contributed by atoms with Crippen LogP contribution in [0.4, 0.5) is 4.79 Å². The van der Waals surface area contributed by atoms with E-state index in [2.05, 4.69) is 4.74 Å². The van der Waals surface area contributed by atoms with Crippen LogP contribution in [0.1, 0.15) is 5.56 Å². The zero-order valence-electron chi connectivity index (χ0n) is 10.5. The summed E-state index contributed by atoms with van der Waals surface area (Å²) in [6, 6.07) is 1.83. The lowest BCUT2D eigenvalue weighted by Gasteiger charge is -2.09. The van der Waals surface area contributed by atoms with E-state index in [4.69, 9.17) is 0 Å². The molecule has 0 spiro atoms. The molecule has 19 heavy (non-hydrogen) atoms. The number of ether oxygens (including phenoxy) is 1. The normalized spacial score (nSPS) is 17.4. The van der Waals surface area contributed by atoms with Crippen molar-refractivity contribution >= 4 is 35.0 Å². The summed E-state index contributed by atoms with van der Waals surface area (Å²) in [6.07, 6.45) is 5.29. The van der Waals surface area contributed by atoms with E-state index in [1.54, 1.807) is 6.08 Å². The van der Waals surface area contributed by atoms with Crippen LogP contribution in [-0.4, -0.2) is 40.2 Å². The summed E-state index contributed by atoms with van der Waals surface area (Å²) in [6.45, 7) is -0.354. The van der Waals surface area contributed by atoms with Crippen molar-refractivity contribution in [3.05, 3.63) is 28.9 Å². The number of nitrogens with zero attached hydrogens (tertiary/aromatic N) is 2. The van der Waals surface area contributed by atoms with Gasteiger partial charge in [-0.05, 0) is 29.5 Å². The molecule has 1 aromatic heterocycles. The van der Waals surface area contributed by atoms with Gasteiger partial charge in [0.15, 0.2) is 0 Å². The van der Waals surface area contributed by atoms with Gasteiger partial charge in [0, 0.05) is 19.4 Å². The zero-order valence-corrected chi connectivity index (χ0v) is 11.3. The number of hydrogen-bond donors (Lipinski definition) is 0. The molecule has 1 fully saturated rings. The minimum absolute atomic E-state index is 0.306. The van der Waals surface area contributed by atoms with Gasteiger partial charge in [-0.25, -0.2) is 0 Å². The Labute approximate surface area is 114 Å². The molecule has 0 saturated carbocycles. The molecule has 2 heterocycles. The third kappa shape index (κ3) is 2.87. The van der Waals surface area contributed by atoms with Crippen LogP contribution in [0.3, 0.4) is 0 Å². The first-order chi connectivity index (χ1) is 9.01. The van der Waals surface area contributed by atoms with E-state index in [9.17, 15) is 14.4 Å². The van der Waals surface area contributed by atoms with Crippen molar-refractivity contribution in [2.24, 2.45) is 7.05 Å². The minimum atomic E-state index is -0.622. The summed E-state index contributed by atoms with van der Waals surface area (Å²) in [5.41, 5.74) is 0.825. The number of carbonyl (C=O) groups excluding carboxylic acids is 3. The van der Waals surface area contributed by atoms with Crippen LogP contribution in [0.5, 0.6) is 0 Å². The van der Waals surface area contributed by atoms with Gasteiger partial charge in [0.05, 0.1) is 12.0 Å². The highest BCUT2D eigenvalue weighted by Crippen LogP contribution is 2.31. The molecule has 2 amide bonds. The molecular weight excluding hydrogens is 268 g/mol. The fraction of sp³-hybridized carbons (Fsp3) is 0.250. The summed E-state index contributed by atoms with van der Waals surface area (Å²) in [5, 5.41) is -0.461. The summed E-state index contributed by atoms with van der Waals surface area (Å²) < 4.78 is 6.29. The van der Waals surface area contributed by atoms with Crippen molar-refractivity contribution in [2.75, 3.05) is 13.7 Å². The topological polar surface area (TPSA) is 68.6 Å². The van der Waals surface area contributed by atoms with Crippen LogP contribution in [0.2, 0.25) is 0 Å². The van der Waals surface area contributed by atoms with Crippen LogP contribution in [0, 0.1) is 0 Å². The van der Waals surface area contributed by atoms with Crippen LogP contribution >= 0.6 is 11.8 Å². The van der Waals surface area contributed by atoms with Gasteiger partial charge in [-0.15, -0.1) is 0 Å². The van der Waals surface area contributed by atoms with Crippen molar-refractivity contribution in [1.29, 1.82) is 0 Å². The largest absolute Gasteiger partial charge is 0.468 e. The number of amides is 2. The first-order valence-corrected chi connectivity index (χ1v) is 6.27. The summed E-state index contributed by atoms with van der Waals surface area (Å²) in [7, 11) is 3.07. The average molecular weight is 280 g/mol. The summed E-state index contributed by atoms with van der Waals surface area (Å²) in [5.74, 6) is -1.09. The molecule has 1 saturated heterocycles. The average Bonchev–Trinajstić information content (AvgIpc) is 2.88. The molecular formula is C12H12N2O4S. The maximum absolute atomic E-state index is 12.0. The monoisotopic (exact) mass is 280 g/mol. The highest BCUT2D eigenvalue weighted by atomic mass is 32.2. The molecule has 0 bridgehead atoms. The van der Waals surface area contributed by atoms with Gasteiger partial charge in [0.25, 0.3) is 11.1 Å². The molecule has 0 aromatic carbocycles. The maximum atomic E-state index is 12.0. The fourth-order valence-electron chi connectivity index (χ4n) is 1.59. The van der Waals surface area contributed by atoms with Crippen LogP contribution in [0.25, 0.3) is 6.08 Å². The number of imide groups is 1. The van der Waals surface area contributed by atoms with E-state index >= 15 is 0 Å². The number of carbonyl (C=O) groups is 3. The van der Waals surface area contributed by atoms with E-state index < -0.39 is 17.1 Å². The van der Waals surface area contributed by atoms with Gasteiger partial charge in [-0.1, -0.05) is 0 Å². The maximum Gasteiger partial charge on any atom is 0.325 e. The van der Waals surface area contributed by atoms with E-state index in [0.717, 1.165) is 22.2 Å². The third-order valence-corrected chi connectivity index (χ3v) is 3.45. The van der Waals surface area contributed by atoms with E-state index in [1.807, 2.05) is 30.1 Å². The number of thioether (sulfide) groups is 1. The van der Waals surface area contributed by atoms with Crippen LogP contribution in [0.15, 0.2) is 23.4 Å². The Morgan fingerprint density at radius 1 is 1.47 bits per heavy atom. The Hall–Kier alpha value is -2.02. The predicted octanol–water partition coefficient (Wildman–Crippen LogP) is 1.23. The lowest BCUT2D eigenvalue weighted by molar-refractivity contribution is -0.143. The van der Waals surface area contributed by atoms with Crippen LogP contribution < -0.4 is 0 Å². The first-order valence-electron chi connectivity index (χ1n) is 5.45.